The normalized spacial score (nSPS) is 9.55. The summed E-state index contributed by atoms with van der Waals surface area (Å²) >= 11 is 0. The number of carboxylic acid groups (broad SMARTS) is 1. The third-order valence-electron chi connectivity index (χ3n) is 1.04. The highest BCUT2D eigenvalue weighted by atomic mass is 19.1. The molecule has 1 aromatic rings. The molecule has 0 aliphatic heterocycles. The maximum absolute atomic E-state index is 12.3. The molecule has 0 bridgehead atoms. The van der Waals surface area contributed by atoms with Crippen molar-refractivity contribution in [2.75, 3.05) is 5.73 Å². The number of nitrogen functional groups attached to an aromatic ring is 1. The fourth-order valence-corrected chi connectivity index (χ4v) is 0.626. The van der Waals surface area contributed by atoms with Gasteiger partial charge in [0.1, 0.15) is 0 Å². The van der Waals surface area contributed by atoms with Gasteiger partial charge in [0.25, 0.3) is 0 Å². The third kappa shape index (κ3) is 1.64. The molecule has 0 aliphatic carbocycles. The number of aromatic nitrogens is 1. The number of pyridine rings is 1. The fraction of sp³-hybridized carbons (Fsp3) is 0. The van der Waals surface area contributed by atoms with E-state index >= 15 is 0 Å². The van der Waals surface area contributed by atoms with Crippen LogP contribution in [0.15, 0.2) is 12.1 Å². The molecule has 58 valence electrons. The van der Waals surface area contributed by atoms with Crippen LogP contribution in [-0.4, -0.2) is 16.1 Å². The predicted octanol–water partition coefficient (Wildman–Crippen LogP) is 0.501. The molecule has 0 radical (unpaired) electrons. The summed E-state index contributed by atoms with van der Waals surface area (Å²) in [7, 11) is 0. The van der Waals surface area contributed by atoms with Crippen LogP contribution in [0.4, 0.5) is 10.1 Å². The molecule has 0 unspecified atom stereocenters. The lowest BCUT2D eigenvalue weighted by Gasteiger charge is -1.95. The average molecular weight is 156 g/mol. The minimum atomic E-state index is -1.30. The number of rotatable bonds is 1. The van der Waals surface area contributed by atoms with Gasteiger partial charge in [0.15, 0.2) is 5.69 Å². The number of carboxylic acids is 1. The molecule has 4 nitrogen and oxygen atoms in total. The van der Waals surface area contributed by atoms with E-state index in [4.69, 9.17) is 10.8 Å². The third-order valence-corrected chi connectivity index (χ3v) is 1.04. The van der Waals surface area contributed by atoms with E-state index in [1.54, 1.807) is 0 Å². The second kappa shape index (κ2) is 2.53. The van der Waals surface area contributed by atoms with E-state index in [9.17, 15) is 9.18 Å². The van der Waals surface area contributed by atoms with Crippen LogP contribution < -0.4 is 5.73 Å². The summed E-state index contributed by atoms with van der Waals surface area (Å²) in [6, 6.07) is 2.04. The zero-order valence-electron chi connectivity index (χ0n) is 5.41. The van der Waals surface area contributed by atoms with Crippen molar-refractivity contribution in [1.82, 2.24) is 4.98 Å². The summed E-state index contributed by atoms with van der Waals surface area (Å²) in [5.41, 5.74) is 4.82. The molecule has 1 rings (SSSR count). The van der Waals surface area contributed by atoms with Crippen LogP contribution in [0.25, 0.3) is 0 Å². The van der Waals surface area contributed by atoms with E-state index < -0.39 is 11.9 Å². The number of carbonyl (C=O) groups is 1. The first-order valence-corrected chi connectivity index (χ1v) is 2.76. The lowest BCUT2D eigenvalue weighted by atomic mass is 10.3. The van der Waals surface area contributed by atoms with Crippen LogP contribution in [0.3, 0.4) is 0 Å². The molecule has 0 saturated carbocycles. The quantitative estimate of drug-likeness (QED) is 0.580. The molecule has 0 amide bonds. The molecule has 0 fully saturated rings. The Bertz CT molecular complexity index is 280. The number of hydrogen-bond donors (Lipinski definition) is 2. The monoisotopic (exact) mass is 156 g/mol. The molecule has 0 spiro atoms. The van der Waals surface area contributed by atoms with Crippen molar-refractivity contribution in [2.45, 2.75) is 0 Å². The number of nitrogens with two attached hydrogens (primary N) is 1. The van der Waals surface area contributed by atoms with E-state index in [-0.39, 0.29) is 11.4 Å². The van der Waals surface area contributed by atoms with Crippen LogP contribution in [-0.2, 0) is 0 Å². The number of nitrogens with zero attached hydrogens (tertiary/aromatic N) is 1. The molecule has 11 heavy (non-hydrogen) atoms. The second-order valence-corrected chi connectivity index (χ2v) is 1.91. The van der Waals surface area contributed by atoms with E-state index in [0.717, 1.165) is 12.1 Å². The maximum Gasteiger partial charge on any atom is 0.354 e. The van der Waals surface area contributed by atoms with Crippen molar-refractivity contribution in [2.24, 2.45) is 0 Å². The SMILES string of the molecule is Nc1cc(F)nc(C(=O)O)c1. The van der Waals surface area contributed by atoms with Crippen molar-refractivity contribution < 1.29 is 14.3 Å². The first-order chi connectivity index (χ1) is 5.09. The molecule has 1 heterocycles. The largest absolute Gasteiger partial charge is 0.477 e. The molecular weight excluding hydrogens is 151 g/mol. The van der Waals surface area contributed by atoms with Crippen LogP contribution in [0.5, 0.6) is 0 Å². The summed E-state index contributed by atoms with van der Waals surface area (Å²) in [6.07, 6.45) is 0. The Morgan fingerprint density at radius 2 is 2.27 bits per heavy atom. The lowest BCUT2D eigenvalue weighted by molar-refractivity contribution is 0.0689. The summed E-state index contributed by atoms with van der Waals surface area (Å²) in [5, 5.41) is 8.35. The molecule has 0 saturated heterocycles. The Kier molecular flexibility index (Phi) is 1.72. The molecule has 1 aromatic heterocycles. The summed E-state index contributed by atoms with van der Waals surface area (Å²) in [4.78, 5) is 13.3. The summed E-state index contributed by atoms with van der Waals surface area (Å²) in [5.74, 6) is -2.18. The average Bonchev–Trinajstić information content (AvgIpc) is 1.85. The van der Waals surface area contributed by atoms with Gasteiger partial charge < -0.3 is 10.8 Å². The van der Waals surface area contributed by atoms with Crippen LogP contribution in [0.1, 0.15) is 10.5 Å². The molecule has 0 atom stereocenters. The highest BCUT2D eigenvalue weighted by Gasteiger charge is 2.06. The highest BCUT2D eigenvalue weighted by molar-refractivity contribution is 5.86. The first kappa shape index (κ1) is 7.46. The number of hydrogen-bond acceptors (Lipinski definition) is 3. The van der Waals surface area contributed by atoms with Gasteiger partial charge in [-0.25, -0.2) is 9.78 Å². The maximum atomic E-state index is 12.3. The van der Waals surface area contributed by atoms with E-state index in [0.29, 0.717) is 0 Å². The number of halogens is 1. The van der Waals surface area contributed by atoms with Gasteiger partial charge >= 0.3 is 5.97 Å². The zero-order valence-corrected chi connectivity index (χ0v) is 5.41. The van der Waals surface area contributed by atoms with Crippen molar-refractivity contribution >= 4 is 11.7 Å². The van der Waals surface area contributed by atoms with Crippen LogP contribution in [0.2, 0.25) is 0 Å². The minimum Gasteiger partial charge on any atom is -0.477 e. The predicted molar refractivity (Wildman–Crippen MR) is 35.6 cm³/mol. The van der Waals surface area contributed by atoms with E-state index in [1.807, 2.05) is 0 Å². The van der Waals surface area contributed by atoms with Crippen molar-refractivity contribution in [3.05, 3.63) is 23.8 Å². The Labute approximate surface area is 61.5 Å². The van der Waals surface area contributed by atoms with Crippen molar-refractivity contribution in [3.8, 4) is 0 Å². The van der Waals surface area contributed by atoms with E-state index in [1.165, 1.54) is 0 Å². The molecule has 5 heteroatoms. The van der Waals surface area contributed by atoms with Gasteiger partial charge in [0, 0.05) is 11.8 Å². The Morgan fingerprint density at radius 3 is 2.73 bits per heavy atom. The molecule has 0 aromatic carbocycles. The summed E-state index contributed by atoms with van der Waals surface area (Å²) < 4.78 is 12.3. The molecule has 3 N–H and O–H groups in total. The second-order valence-electron chi connectivity index (χ2n) is 1.91. The minimum absolute atomic E-state index is 0.0508. The standard InChI is InChI=1S/C6H5FN2O2/c7-5-2-3(8)1-4(9-5)6(10)11/h1-2H,(H2,8,9)(H,10,11). The van der Waals surface area contributed by atoms with Gasteiger partial charge in [-0.2, -0.15) is 4.39 Å². The first-order valence-electron chi connectivity index (χ1n) is 2.76. The topological polar surface area (TPSA) is 76.2 Å². The van der Waals surface area contributed by atoms with Crippen molar-refractivity contribution in [3.63, 3.8) is 0 Å². The zero-order chi connectivity index (χ0) is 8.43. The van der Waals surface area contributed by atoms with Crippen molar-refractivity contribution in [1.29, 1.82) is 0 Å². The van der Waals surface area contributed by atoms with Gasteiger partial charge in [-0.1, -0.05) is 0 Å². The Balaban J connectivity index is 3.19. The van der Waals surface area contributed by atoms with Crippen LogP contribution in [0, 0.1) is 5.95 Å². The fourth-order valence-electron chi connectivity index (χ4n) is 0.626. The lowest BCUT2D eigenvalue weighted by Crippen LogP contribution is -2.03. The molecular formula is C6H5FN2O2. The Morgan fingerprint density at radius 1 is 1.64 bits per heavy atom. The Hall–Kier alpha value is -1.65. The molecule has 0 aliphatic rings. The smallest absolute Gasteiger partial charge is 0.354 e. The van der Waals surface area contributed by atoms with E-state index in [2.05, 4.69) is 4.98 Å². The number of aromatic carboxylic acids is 1. The van der Waals surface area contributed by atoms with Gasteiger partial charge in [-0.05, 0) is 6.07 Å². The number of anilines is 1. The van der Waals surface area contributed by atoms with Gasteiger partial charge in [0.05, 0.1) is 0 Å². The summed E-state index contributed by atoms with van der Waals surface area (Å²) in [6.45, 7) is 0. The van der Waals surface area contributed by atoms with Gasteiger partial charge in [-0.15, -0.1) is 0 Å². The van der Waals surface area contributed by atoms with Crippen LogP contribution >= 0.6 is 0 Å². The van der Waals surface area contributed by atoms with Gasteiger partial charge in [0.2, 0.25) is 5.95 Å². The van der Waals surface area contributed by atoms with Gasteiger partial charge in [-0.3, -0.25) is 0 Å². The highest BCUT2D eigenvalue weighted by Crippen LogP contribution is 2.05.